The molecule has 0 unspecified atom stereocenters. The maximum atomic E-state index is 9.14. The minimum absolute atomic E-state index is 0.163. The maximum Gasteiger partial charge on any atom is 0.218 e. The highest BCUT2D eigenvalue weighted by atomic mass is 35.5. The molecule has 0 amide bonds. The van der Waals surface area contributed by atoms with Gasteiger partial charge in [-0.05, 0) is 18.6 Å². The van der Waals surface area contributed by atoms with E-state index in [1.54, 1.807) is 30.3 Å². The maximum absolute atomic E-state index is 9.14. The molecule has 4 nitrogen and oxygen atoms in total. The van der Waals surface area contributed by atoms with Crippen molar-refractivity contribution in [1.29, 1.82) is 5.26 Å². The van der Waals surface area contributed by atoms with Crippen LogP contribution in [0, 0.1) is 11.3 Å². The van der Waals surface area contributed by atoms with Gasteiger partial charge >= 0.3 is 0 Å². The highest BCUT2D eigenvalue weighted by molar-refractivity contribution is 6.35. The molecule has 6 heteroatoms. The van der Waals surface area contributed by atoms with E-state index in [-0.39, 0.29) is 12.3 Å². The zero-order chi connectivity index (χ0) is 18.1. The van der Waals surface area contributed by atoms with E-state index in [0.29, 0.717) is 33.8 Å². The number of ether oxygens (including phenoxy) is 2. The first-order valence-electron chi connectivity index (χ1n) is 8.24. The third-order valence-corrected chi connectivity index (χ3v) is 4.29. The third-order valence-electron chi connectivity index (χ3n) is 3.58. The van der Waals surface area contributed by atoms with E-state index in [9.17, 15) is 0 Å². The van der Waals surface area contributed by atoms with Gasteiger partial charge in [0.15, 0.2) is 0 Å². The van der Waals surface area contributed by atoms with Crippen LogP contribution in [-0.4, -0.2) is 11.6 Å². The van der Waals surface area contributed by atoms with E-state index in [4.69, 9.17) is 37.9 Å². The normalized spacial score (nSPS) is 10.3. The number of rotatable bonds is 9. The van der Waals surface area contributed by atoms with Crippen LogP contribution < -0.4 is 9.47 Å². The average molecular weight is 379 g/mol. The molecule has 25 heavy (non-hydrogen) atoms. The van der Waals surface area contributed by atoms with Crippen molar-refractivity contribution in [3.8, 4) is 17.7 Å². The van der Waals surface area contributed by atoms with Gasteiger partial charge in [0.25, 0.3) is 0 Å². The van der Waals surface area contributed by atoms with Gasteiger partial charge in [0.1, 0.15) is 24.1 Å². The molecule has 0 atom stereocenters. The quantitative estimate of drug-likeness (QED) is 0.517. The molecule has 0 N–H and O–H groups in total. The smallest absolute Gasteiger partial charge is 0.218 e. The van der Waals surface area contributed by atoms with Gasteiger partial charge in [-0.3, -0.25) is 0 Å². The van der Waals surface area contributed by atoms with Crippen LogP contribution in [0.4, 0.5) is 0 Å². The van der Waals surface area contributed by atoms with Crippen LogP contribution in [0.2, 0.25) is 10.0 Å². The van der Waals surface area contributed by atoms with Crippen molar-refractivity contribution in [2.75, 3.05) is 6.61 Å². The number of nitriles is 1. The highest BCUT2D eigenvalue weighted by Gasteiger charge is 2.09. The SMILES string of the molecule is CCCCCCOc1cc(C#N)nc(OCc2c(Cl)cccc2Cl)c1. The average Bonchev–Trinajstić information content (AvgIpc) is 2.61. The van der Waals surface area contributed by atoms with Crippen LogP contribution in [0.5, 0.6) is 11.6 Å². The summed E-state index contributed by atoms with van der Waals surface area (Å²) in [4.78, 5) is 4.13. The van der Waals surface area contributed by atoms with Crippen LogP contribution in [0.25, 0.3) is 0 Å². The second-order valence-corrected chi connectivity index (χ2v) is 6.35. The molecule has 0 radical (unpaired) electrons. The summed E-state index contributed by atoms with van der Waals surface area (Å²) in [5.74, 6) is 0.877. The van der Waals surface area contributed by atoms with Gasteiger partial charge in [-0.25, -0.2) is 4.98 Å². The standard InChI is InChI=1S/C19H20Cl2N2O2/c1-2-3-4-5-9-24-15-10-14(12-22)23-19(11-15)25-13-16-17(20)7-6-8-18(16)21/h6-8,10-11H,2-5,9,13H2,1H3. The third kappa shape index (κ3) is 6.12. The van der Waals surface area contributed by atoms with Crippen molar-refractivity contribution in [3.63, 3.8) is 0 Å². The minimum Gasteiger partial charge on any atom is -0.493 e. The molecule has 0 bridgehead atoms. The van der Waals surface area contributed by atoms with Crippen LogP contribution in [0.3, 0.4) is 0 Å². The Balaban J connectivity index is 2.02. The van der Waals surface area contributed by atoms with E-state index >= 15 is 0 Å². The fourth-order valence-electron chi connectivity index (χ4n) is 2.23. The summed E-state index contributed by atoms with van der Waals surface area (Å²) in [6.45, 7) is 2.93. The fourth-order valence-corrected chi connectivity index (χ4v) is 2.74. The van der Waals surface area contributed by atoms with Crippen LogP contribution >= 0.6 is 23.2 Å². The molecule has 132 valence electrons. The number of aromatic nitrogens is 1. The zero-order valence-corrected chi connectivity index (χ0v) is 15.6. The summed E-state index contributed by atoms with van der Waals surface area (Å²) in [6.07, 6.45) is 4.47. The minimum atomic E-state index is 0.163. The number of hydrogen-bond donors (Lipinski definition) is 0. The largest absolute Gasteiger partial charge is 0.493 e. The Labute approximate surface area is 158 Å². The Morgan fingerprint density at radius 2 is 1.84 bits per heavy atom. The predicted octanol–water partition coefficient (Wildman–Crippen LogP) is 5.80. The van der Waals surface area contributed by atoms with Gasteiger partial charge < -0.3 is 9.47 Å². The Morgan fingerprint density at radius 3 is 2.52 bits per heavy atom. The molecular weight excluding hydrogens is 359 g/mol. The second-order valence-electron chi connectivity index (χ2n) is 5.54. The summed E-state index contributed by atoms with van der Waals surface area (Å²) >= 11 is 12.3. The predicted molar refractivity (Wildman–Crippen MR) is 99.4 cm³/mol. The molecule has 2 aromatic rings. The lowest BCUT2D eigenvalue weighted by Gasteiger charge is -2.11. The summed E-state index contributed by atoms with van der Waals surface area (Å²) in [5.41, 5.74) is 0.920. The summed E-state index contributed by atoms with van der Waals surface area (Å²) in [6, 6.07) is 10.6. The Morgan fingerprint density at radius 1 is 1.08 bits per heavy atom. The van der Waals surface area contributed by atoms with Gasteiger partial charge in [-0.15, -0.1) is 0 Å². The van der Waals surface area contributed by atoms with Crippen LogP contribution in [0.1, 0.15) is 43.9 Å². The molecule has 0 aliphatic rings. The first kappa shape index (κ1) is 19.4. The summed E-state index contributed by atoms with van der Waals surface area (Å²) in [7, 11) is 0. The van der Waals surface area contributed by atoms with Crippen molar-refractivity contribution < 1.29 is 9.47 Å². The Kier molecular flexibility index (Phi) is 7.84. The first-order valence-corrected chi connectivity index (χ1v) is 9.00. The first-order chi connectivity index (χ1) is 12.1. The lowest BCUT2D eigenvalue weighted by Crippen LogP contribution is -2.02. The van der Waals surface area contributed by atoms with Crippen molar-refractivity contribution in [1.82, 2.24) is 4.98 Å². The van der Waals surface area contributed by atoms with Crippen molar-refractivity contribution in [3.05, 3.63) is 51.6 Å². The zero-order valence-electron chi connectivity index (χ0n) is 14.1. The number of benzene rings is 1. The van der Waals surface area contributed by atoms with Gasteiger partial charge in [0.2, 0.25) is 5.88 Å². The van der Waals surface area contributed by atoms with Crippen LogP contribution in [-0.2, 0) is 6.61 Å². The molecule has 0 spiro atoms. The topological polar surface area (TPSA) is 55.1 Å². The molecule has 1 heterocycles. The van der Waals surface area contributed by atoms with E-state index in [2.05, 4.69) is 11.9 Å². The fraction of sp³-hybridized carbons (Fsp3) is 0.368. The lowest BCUT2D eigenvalue weighted by atomic mass is 10.2. The molecule has 0 aliphatic heterocycles. The van der Waals surface area contributed by atoms with Gasteiger partial charge in [0, 0.05) is 27.7 Å². The molecule has 0 saturated carbocycles. The highest BCUT2D eigenvalue weighted by Crippen LogP contribution is 2.26. The van der Waals surface area contributed by atoms with E-state index in [0.717, 1.165) is 12.8 Å². The van der Waals surface area contributed by atoms with E-state index in [1.807, 2.05) is 6.07 Å². The Bertz CT molecular complexity index is 724. The molecular formula is C19H20Cl2N2O2. The van der Waals surface area contributed by atoms with Crippen molar-refractivity contribution >= 4 is 23.2 Å². The number of pyridine rings is 1. The molecule has 0 fully saturated rings. The number of unbranched alkanes of at least 4 members (excludes halogenated alkanes) is 3. The molecule has 1 aromatic carbocycles. The molecule has 0 saturated heterocycles. The molecule has 2 rings (SSSR count). The monoisotopic (exact) mass is 378 g/mol. The number of nitrogens with zero attached hydrogens (tertiary/aromatic N) is 2. The number of hydrogen-bond acceptors (Lipinski definition) is 4. The Hall–Kier alpha value is -1.96. The van der Waals surface area contributed by atoms with Crippen molar-refractivity contribution in [2.45, 2.75) is 39.2 Å². The van der Waals surface area contributed by atoms with Crippen LogP contribution in [0.15, 0.2) is 30.3 Å². The summed E-state index contributed by atoms with van der Waals surface area (Å²) in [5, 5.41) is 10.2. The van der Waals surface area contributed by atoms with Crippen molar-refractivity contribution in [2.24, 2.45) is 0 Å². The van der Waals surface area contributed by atoms with Gasteiger partial charge in [-0.1, -0.05) is 55.5 Å². The lowest BCUT2D eigenvalue weighted by molar-refractivity contribution is 0.281. The number of halogens is 2. The molecule has 1 aromatic heterocycles. The summed E-state index contributed by atoms with van der Waals surface area (Å²) < 4.78 is 11.4. The van der Waals surface area contributed by atoms with E-state index in [1.165, 1.54) is 12.8 Å². The van der Waals surface area contributed by atoms with Gasteiger partial charge in [0.05, 0.1) is 6.61 Å². The second kappa shape index (κ2) is 10.1. The molecule has 0 aliphatic carbocycles. The van der Waals surface area contributed by atoms with E-state index < -0.39 is 0 Å². The van der Waals surface area contributed by atoms with Gasteiger partial charge in [-0.2, -0.15) is 5.26 Å².